The molecule has 0 N–H and O–H groups in total. The molecular formula is C29H30N2O2. The van der Waals surface area contributed by atoms with Crippen LogP contribution in [-0.4, -0.2) is 22.3 Å². The lowest BCUT2D eigenvalue weighted by Gasteiger charge is -2.22. The molecule has 33 heavy (non-hydrogen) atoms. The minimum atomic E-state index is -0.116. The number of fused-ring (bicyclic) bond motifs is 1. The van der Waals surface area contributed by atoms with Crippen molar-refractivity contribution in [2.24, 2.45) is 0 Å². The van der Waals surface area contributed by atoms with Gasteiger partial charge in [0, 0.05) is 12.1 Å². The van der Waals surface area contributed by atoms with Gasteiger partial charge in [0.1, 0.15) is 11.6 Å². The number of amides is 1. The van der Waals surface area contributed by atoms with E-state index in [4.69, 9.17) is 9.40 Å². The highest BCUT2D eigenvalue weighted by Crippen LogP contribution is 2.35. The van der Waals surface area contributed by atoms with E-state index in [9.17, 15) is 4.79 Å². The van der Waals surface area contributed by atoms with Crippen LogP contribution in [0.5, 0.6) is 0 Å². The summed E-state index contributed by atoms with van der Waals surface area (Å²) in [4.78, 5) is 20.0. The van der Waals surface area contributed by atoms with Gasteiger partial charge in [-0.15, -0.1) is 0 Å². The predicted octanol–water partition coefficient (Wildman–Crippen LogP) is 7.20. The first-order valence-electron chi connectivity index (χ1n) is 12.1. The number of unbranched alkanes of at least 4 members (excludes halogenated alkanes) is 2. The van der Waals surface area contributed by atoms with Gasteiger partial charge in [-0.1, -0.05) is 68.3 Å². The van der Waals surface area contributed by atoms with Crippen LogP contribution in [0.25, 0.3) is 22.2 Å². The number of aryl methyl sites for hydroxylation is 1. The highest BCUT2D eigenvalue weighted by atomic mass is 16.3. The molecule has 168 valence electrons. The molecule has 4 nitrogen and oxygen atoms in total. The zero-order valence-corrected chi connectivity index (χ0v) is 19.2. The summed E-state index contributed by atoms with van der Waals surface area (Å²) in [5, 5.41) is 0. The van der Waals surface area contributed by atoms with Gasteiger partial charge in [-0.25, -0.2) is 4.98 Å². The number of nitrogens with zero attached hydrogens (tertiary/aromatic N) is 2. The maximum atomic E-state index is 13.3. The van der Waals surface area contributed by atoms with Gasteiger partial charge >= 0.3 is 0 Å². The van der Waals surface area contributed by atoms with Gasteiger partial charge in [0.05, 0.1) is 0 Å². The van der Waals surface area contributed by atoms with Gasteiger partial charge < -0.3 is 9.32 Å². The SMILES string of the molecule is CCCCCc1ccc(C(=O)N2CCCC2c2nc3cc(-c4ccccc4)ccc3o2)cc1. The molecule has 1 aliphatic rings. The van der Waals surface area contributed by atoms with Gasteiger partial charge in [0.25, 0.3) is 5.91 Å². The van der Waals surface area contributed by atoms with Crippen LogP contribution in [0.1, 0.15) is 66.9 Å². The summed E-state index contributed by atoms with van der Waals surface area (Å²) in [7, 11) is 0. The van der Waals surface area contributed by atoms with Crippen molar-refractivity contribution in [1.29, 1.82) is 0 Å². The molecule has 0 bridgehead atoms. The third-order valence-corrected chi connectivity index (χ3v) is 6.58. The van der Waals surface area contributed by atoms with Crippen molar-refractivity contribution < 1.29 is 9.21 Å². The van der Waals surface area contributed by atoms with Crippen LogP contribution in [-0.2, 0) is 6.42 Å². The van der Waals surface area contributed by atoms with E-state index < -0.39 is 0 Å². The summed E-state index contributed by atoms with van der Waals surface area (Å²) in [6.07, 6.45) is 6.56. The zero-order valence-electron chi connectivity index (χ0n) is 19.2. The lowest BCUT2D eigenvalue weighted by atomic mass is 10.0. The van der Waals surface area contributed by atoms with Crippen molar-refractivity contribution >= 4 is 17.0 Å². The van der Waals surface area contributed by atoms with Crippen molar-refractivity contribution in [3.05, 3.63) is 89.8 Å². The molecule has 0 spiro atoms. The Bertz CT molecular complexity index is 1230. The lowest BCUT2D eigenvalue weighted by molar-refractivity contribution is 0.0717. The van der Waals surface area contributed by atoms with E-state index in [0.717, 1.165) is 53.6 Å². The first kappa shape index (κ1) is 21.4. The van der Waals surface area contributed by atoms with Crippen LogP contribution in [0, 0.1) is 0 Å². The number of rotatable bonds is 7. The Hall–Kier alpha value is -3.40. The molecule has 0 saturated carbocycles. The fourth-order valence-corrected chi connectivity index (χ4v) is 4.72. The maximum absolute atomic E-state index is 13.3. The lowest BCUT2D eigenvalue weighted by Crippen LogP contribution is -2.30. The highest BCUT2D eigenvalue weighted by Gasteiger charge is 2.34. The highest BCUT2D eigenvalue weighted by molar-refractivity contribution is 5.94. The van der Waals surface area contributed by atoms with Crippen molar-refractivity contribution in [1.82, 2.24) is 9.88 Å². The van der Waals surface area contributed by atoms with Crippen LogP contribution in [0.2, 0.25) is 0 Å². The number of benzene rings is 3. The molecule has 1 aromatic heterocycles. The quantitative estimate of drug-likeness (QED) is 0.287. The smallest absolute Gasteiger partial charge is 0.254 e. The monoisotopic (exact) mass is 438 g/mol. The second-order valence-electron chi connectivity index (χ2n) is 8.91. The van der Waals surface area contributed by atoms with Crippen LogP contribution in [0.3, 0.4) is 0 Å². The molecule has 3 aromatic carbocycles. The summed E-state index contributed by atoms with van der Waals surface area (Å²) >= 11 is 0. The number of likely N-dealkylation sites (tertiary alicyclic amines) is 1. The van der Waals surface area contributed by atoms with E-state index in [2.05, 4.69) is 43.3 Å². The Morgan fingerprint density at radius 3 is 2.61 bits per heavy atom. The Kier molecular flexibility index (Phi) is 6.25. The molecule has 0 radical (unpaired) electrons. The van der Waals surface area contributed by atoms with E-state index in [1.165, 1.54) is 24.8 Å². The Labute approximate surface area is 195 Å². The predicted molar refractivity (Wildman–Crippen MR) is 132 cm³/mol. The van der Waals surface area contributed by atoms with Crippen LogP contribution < -0.4 is 0 Å². The van der Waals surface area contributed by atoms with Crippen molar-refractivity contribution in [2.75, 3.05) is 6.54 Å². The van der Waals surface area contributed by atoms with Crippen molar-refractivity contribution in [3.8, 4) is 11.1 Å². The molecule has 1 aliphatic heterocycles. The van der Waals surface area contributed by atoms with E-state index in [0.29, 0.717) is 5.89 Å². The van der Waals surface area contributed by atoms with E-state index in [-0.39, 0.29) is 11.9 Å². The summed E-state index contributed by atoms with van der Waals surface area (Å²) < 4.78 is 6.13. The van der Waals surface area contributed by atoms with Crippen LogP contribution in [0.4, 0.5) is 0 Å². The van der Waals surface area contributed by atoms with Crippen molar-refractivity contribution in [2.45, 2.75) is 51.5 Å². The van der Waals surface area contributed by atoms with Gasteiger partial charge in [0.15, 0.2) is 5.58 Å². The third-order valence-electron chi connectivity index (χ3n) is 6.58. The molecule has 4 heteroatoms. The van der Waals surface area contributed by atoms with Crippen molar-refractivity contribution in [3.63, 3.8) is 0 Å². The Morgan fingerprint density at radius 2 is 1.82 bits per heavy atom. The normalized spacial score (nSPS) is 15.9. The number of hydrogen-bond donors (Lipinski definition) is 0. The molecule has 2 heterocycles. The number of carbonyl (C=O) groups is 1. The zero-order chi connectivity index (χ0) is 22.6. The molecule has 1 amide bonds. The summed E-state index contributed by atoms with van der Waals surface area (Å²) in [5.41, 5.74) is 5.90. The first-order chi connectivity index (χ1) is 16.2. The van der Waals surface area contributed by atoms with E-state index in [1.54, 1.807) is 0 Å². The fourth-order valence-electron chi connectivity index (χ4n) is 4.72. The standard InChI is InChI=1S/C29H30N2O2/c1-2-3-5-9-21-13-15-23(16-14-21)29(32)31-19-8-12-26(31)28-30-25-20-24(17-18-27(25)33-28)22-10-6-4-7-11-22/h4,6-7,10-11,13-18,20,26H,2-3,5,8-9,12,19H2,1H3. The Balaban J connectivity index is 1.35. The second-order valence-corrected chi connectivity index (χ2v) is 8.91. The summed E-state index contributed by atoms with van der Waals surface area (Å²) in [6, 6.07) is 24.4. The first-order valence-corrected chi connectivity index (χ1v) is 12.1. The average Bonchev–Trinajstić information content (AvgIpc) is 3.51. The largest absolute Gasteiger partial charge is 0.438 e. The molecular weight excluding hydrogens is 408 g/mol. The fraction of sp³-hybridized carbons (Fsp3) is 0.310. The molecule has 1 saturated heterocycles. The van der Waals surface area contributed by atoms with Crippen LogP contribution >= 0.6 is 0 Å². The minimum absolute atomic E-state index is 0.0600. The second kappa shape index (κ2) is 9.62. The Morgan fingerprint density at radius 1 is 1.00 bits per heavy atom. The summed E-state index contributed by atoms with van der Waals surface area (Å²) in [5.74, 6) is 0.696. The van der Waals surface area contributed by atoms with Gasteiger partial charge in [-0.2, -0.15) is 0 Å². The molecule has 4 aromatic rings. The topological polar surface area (TPSA) is 46.3 Å². The van der Waals surface area contributed by atoms with Gasteiger partial charge in [-0.05, 0) is 66.6 Å². The minimum Gasteiger partial charge on any atom is -0.438 e. The molecule has 0 aliphatic carbocycles. The number of hydrogen-bond acceptors (Lipinski definition) is 3. The number of oxazole rings is 1. The average molecular weight is 439 g/mol. The molecule has 1 unspecified atom stereocenters. The van der Waals surface area contributed by atoms with E-state index in [1.807, 2.05) is 41.3 Å². The van der Waals surface area contributed by atoms with Gasteiger partial charge in [0.2, 0.25) is 5.89 Å². The maximum Gasteiger partial charge on any atom is 0.254 e. The van der Waals surface area contributed by atoms with Crippen LogP contribution in [0.15, 0.2) is 77.2 Å². The number of carbonyl (C=O) groups excluding carboxylic acids is 1. The molecule has 1 atom stereocenters. The third kappa shape index (κ3) is 4.56. The number of aromatic nitrogens is 1. The summed E-state index contributed by atoms with van der Waals surface area (Å²) in [6.45, 7) is 2.95. The van der Waals surface area contributed by atoms with Gasteiger partial charge in [-0.3, -0.25) is 4.79 Å². The molecule has 5 rings (SSSR count). The molecule has 1 fully saturated rings. The van der Waals surface area contributed by atoms with E-state index >= 15 is 0 Å².